The highest BCUT2D eigenvalue weighted by Gasteiger charge is 2.24. The highest BCUT2D eigenvalue weighted by atomic mass is 16.5. The molecular weight excluding hydrogens is 270 g/mol. The summed E-state index contributed by atoms with van der Waals surface area (Å²) in [5.41, 5.74) is 1.13. The first-order chi connectivity index (χ1) is 10.0. The molecule has 2 rings (SSSR count). The first kappa shape index (κ1) is 15.1. The van der Waals surface area contributed by atoms with E-state index in [2.05, 4.69) is 6.92 Å². The SMILES string of the molecule is COc1ccc(C(=O)N2CCC(C)C2)cc1C=CC(=O)O. The van der Waals surface area contributed by atoms with E-state index in [0.29, 0.717) is 22.8 Å². The number of amides is 1. The van der Waals surface area contributed by atoms with Crippen LogP contribution < -0.4 is 4.74 Å². The molecule has 112 valence electrons. The van der Waals surface area contributed by atoms with Crippen molar-refractivity contribution in [2.75, 3.05) is 20.2 Å². The fourth-order valence-corrected chi connectivity index (χ4v) is 2.46. The largest absolute Gasteiger partial charge is 0.496 e. The van der Waals surface area contributed by atoms with Gasteiger partial charge < -0.3 is 14.7 Å². The summed E-state index contributed by atoms with van der Waals surface area (Å²) < 4.78 is 5.19. The number of benzene rings is 1. The number of ether oxygens (including phenoxy) is 1. The van der Waals surface area contributed by atoms with E-state index in [0.717, 1.165) is 25.6 Å². The molecule has 0 radical (unpaired) electrons. The number of hydrogen-bond acceptors (Lipinski definition) is 3. The lowest BCUT2D eigenvalue weighted by Crippen LogP contribution is -2.28. The number of aliphatic carboxylic acids is 1. The van der Waals surface area contributed by atoms with Gasteiger partial charge in [-0.05, 0) is 36.6 Å². The minimum Gasteiger partial charge on any atom is -0.496 e. The third kappa shape index (κ3) is 3.62. The van der Waals surface area contributed by atoms with Gasteiger partial charge in [0, 0.05) is 30.3 Å². The van der Waals surface area contributed by atoms with Crippen LogP contribution in [0.4, 0.5) is 0 Å². The van der Waals surface area contributed by atoms with Crippen molar-refractivity contribution < 1.29 is 19.4 Å². The Morgan fingerprint density at radius 2 is 2.19 bits per heavy atom. The standard InChI is InChI=1S/C16H19NO4/c1-11-7-8-17(10-11)16(20)13-3-5-14(21-2)12(9-13)4-6-15(18)19/h3-6,9,11H,7-8,10H2,1-2H3,(H,18,19). The Morgan fingerprint density at radius 1 is 1.43 bits per heavy atom. The summed E-state index contributed by atoms with van der Waals surface area (Å²) in [4.78, 5) is 24.9. The van der Waals surface area contributed by atoms with Gasteiger partial charge in [0.2, 0.25) is 0 Å². The zero-order valence-electron chi connectivity index (χ0n) is 12.2. The molecule has 0 spiro atoms. The van der Waals surface area contributed by atoms with Crippen LogP contribution in [0, 0.1) is 5.92 Å². The van der Waals surface area contributed by atoms with E-state index < -0.39 is 5.97 Å². The van der Waals surface area contributed by atoms with Crippen molar-refractivity contribution in [3.63, 3.8) is 0 Å². The Balaban J connectivity index is 2.26. The van der Waals surface area contributed by atoms with Crippen LogP contribution in [0.15, 0.2) is 24.3 Å². The highest BCUT2D eigenvalue weighted by molar-refractivity contribution is 5.95. The number of nitrogens with zero attached hydrogens (tertiary/aromatic N) is 1. The Morgan fingerprint density at radius 3 is 2.76 bits per heavy atom. The van der Waals surface area contributed by atoms with E-state index in [1.54, 1.807) is 18.2 Å². The van der Waals surface area contributed by atoms with Gasteiger partial charge in [-0.3, -0.25) is 4.79 Å². The minimum absolute atomic E-state index is 0.0213. The summed E-state index contributed by atoms with van der Waals surface area (Å²) in [5.74, 6) is 0.00606. The molecule has 5 nitrogen and oxygen atoms in total. The van der Waals surface area contributed by atoms with Crippen molar-refractivity contribution in [1.29, 1.82) is 0 Å². The average molecular weight is 289 g/mol. The van der Waals surface area contributed by atoms with Crippen LogP contribution in [0.25, 0.3) is 6.08 Å². The van der Waals surface area contributed by atoms with E-state index in [9.17, 15) is 9.59 Å². The Bertz CT molecular complexity index is 580. The van der Waals surface area contributed by atoms with Gasteiger partial charge >= 0.3 is 5.97 Å². The van der Waals surface area contributed by atoms with Crippen LogP contribution in [0.5, 0.6) is 5.75 Å². The molecule has 1 unspecified atom stereocenters. The molecule has 1 aliphatic heterocycles. The summed E-state index contributed by atoms with van der Waals surface area (Å²) >= 11 is 0. The predicted octanol–water partition coefficient (Wildman–Crippen LogP) is 2.27. The van der Waals surface area contributed by atoms with Crippen LogP contribution >= 0.6 is 0 Å². The molecule has 1 amide bonds. The molecule has 5 heteroatoms. The molecule has 1 heterocycles. The summed E-state index contributed by atoms with van der Waals surface area (Å²) in [6.07, 6.45) is 3.49. The lowest BCUT2D eigenvalue weighted by molar-refractivity contribution is -0.131. The van der Waals surface area contributed by atoms with E-state index >= 15 is 0 Å². The Kier molecular flexibility index (Phi) is 4.62. The van der Waals surface area contributed by atoms with Gasteiger partial charge in [0.15, 0.2) is 0 Å². The quantitative estimate of drug-likeness (QED) is 0.863. The number of likely N-dealkylation sites (tertiary alicyclic amines) is 1. The number of carbonyl (C=O) groups excluding carboxylic acids is 1. The van der Waals surface area contributed by atoms with Gasteiger partial charge in [-0.1, -0.05) is 6.92 Å². The summed E-state index contributed by atoms with van der Waals surface area (Å²) in [7, 11) is 1.51. The smallest absolute Gasteiger partial charge is 0.328 e. The number of carboxylic acids is 1. The predicted molar refractivity (Wildman–Crippen MR) is 79.3 cm³/mol. The normalized spacial score (nSPS) is 18.2. The van der Waals surface area contributed by atoms with Gasteiger partial charge in [0.25, 0.3) is 5.91 Å². The second-order valence-electron chi connectivity index (χ2n) is 5.27. The molecule has 1 saturated heterocycles. The third-order valence-electron chi connectivity index (χ3n) is 3.59. The summed E-state index contributed by atoms with van der Waals surface area (Å²) in [5, 5.41) is 8.72. The van der Waals surface area contributed by atoms with E-state index in [-0.39, 0.29) is 5.91 Å². The maximum absolute atomic E-state index is 12.4. The minimum atomic E-state index is -1.04. The molecular formula is C16H19NO4. The van der Waals surface area contributed by atoms with Crippen LogP contribution in [0.1, 0.15) is 29.3 Å². The van der Waals surface area contributed by atoms with Gasteiger partial charge in [-0.25, -0.2) is 4.79 Å². The molecule has 1 aromatic carbocycles. The molecule has 1 atom stereocenters. The number of methoxy groups -OCH3 is 1. The maximum Gasteiger partial charge on any atom is 0.328 e. The van der Waals surface area contributed by atoms with Crippen molar-refractivity contribution in [2.45, 2.75) is 13.3 Å². The number of hydrogen-bond donors (Lipinski definition) is 1. The van der Waals surface area contributed by atoms with E-state index in [1.807, 2.05) is 4.90 Å². The number of carboxylic acid groups (broad SMARTS) is 1. The molecule has 1 aromatic rings. The first-order valence-corrected chi connectivity index (χ1v) is 6.89. The molecule has 0 aliphatic carbocycles. The fourth-order valence-electron chi connectivity index (χ4n) is 2.46. The Hall–Kier alpha value is -2.30. The lowest BCUT2D eigenvalue weighted by Gasteiger charge is -2.16. The average Bonchev–Trinajstić information content (AvgIpc) is 2.90. The van der Waals surface area contributed by atoms with Gasteiger partial charge in [0.05, 0.1) is 7.11 Å². The van der Waals surface area contributed by atoms with Crippen molar-refractivity contribution >= 4 is 18.0 Å². The lowest BCUT2D eigenvalue weighted by atomic mass is 10.1. The molecule has 1 aliphatic rings. The third-order valence-corrected chi connectivity index (χ3v) is 3.59. The van der Waals surface area contributed by atoms with Gasteiger partial charge in [-0.15, -0.1) is 0 Å². The second kappa shape index (κ2) is 6.43. The van der Waals surface area contributed by atoms with Crippen molar-refractivity contribution in [1.82, 2.24) is 4.90 Å². The van der Waals surface area contributed by atoms with Gasteiger partial charge in [-0.2, -0.15) is 0 Å². The van der Waals surface area contributed by atoms with Crippen LogP contribution in [-0.2, 0) is 4.79 Å². The number of rotatable bonds is 4. The second-order valence-corrected chi connectivity index (χ2v) is 5.27. The monoisotopic (exact) mass is 289 g/mol. The summed E-state index contributed by atoms with van der Waals surface area (Å²) in [6, 6.07) is 5.07. The zero-order valence-corrected chi connectivity index (χ0v) is 12.2. The fraction of sp³-hybridized carbons (Fsp3) is 0.375. The highest BCUT2D eigenvalue weighted by Crippen LogP contribution is 2.24. The molecule has 1 N–H and O–H groups in total. The molecule has 0 bridgehead atoms. The Labute approximate surface area is 123 Å². The van der Waals surface area contributed by atoms with Crippen LogP contribution in [0.2, 0.25) is 0 Å². The maximum atomic E-state index is 12.4. The molecule has 21 heavy (non-hydrogen) atoms. The topological polar surface area (TPSA) is 66.8 Å². The van der Waals surface area contributed by atoms with Crippen molar-refractivity contribution in [3.8, 4) is 5.75 Å². The van der Waals surface area contributed by atoms with E-state index in [1.165, 1.54) is 13.2 Å². The zero-order chi connectivity index (χ0) is 15.4. The van der Waals surface area contributed by atoms with E-state index in [4.69, 9.17) is 9.84 Å². The molecule has 1 fully saturated rings. The van der Waals surface area contributed by atoms with Crippen LogP contribution in [0.3, 0.4) is 0 Å². The first-order valence-electron chi connectivity index (χ1n) is 6.89. The molecule has 0 aromatic heterocycles. The van der Waals surface area contributed by atoms with Crippen molar-refractivity contribution in [3.05, 3.63) is 35.4 Å². The van der Waals surface area contributed by atoms with Crippen LogP contribution in [-0.4, -0.2) is 42.1 Å². The van der Waals surface area contributed by atoms with Gasteiger partial charge in [0.1, 0.15) is 5.75 Å². The number of carbonyl (C=O) groups is 2. The molecule has 0 saturated carbocycles. The van der Waals surface area contributed by atoms with Crippen molar-refractivity contribution in [2.24, 2.45) is 5.92 Å². The summed E-state index contributed by atoms with van der Waals surface area (Å²) in [6.45, 7) is 3.67.